The van der Waals surface area contributed by atoms with Crippen LogP contribution in [0.1, 0.15) is 12.5 Å². The maximum Gasteiger partial charge on any atom is 0.218 e. The molecule has 0 amide bonds. The molecule has 6 nitrogen and oxygen atoms in total. The number of hydrazone groups is 1. The topological polar surface area (TPSA) is 114 Å². The highest BCUT2D eigenvalue weighted by Gasteiger charge is 2.13. The highest BCUT2D eigenvalue weighted by atomic mass is 127. The summed E-state index contributed by atoms with van der Waals surface area (Å²) in [6.45, 7) is 2.41. The van der Waals surface area contributed by atoms with E-state index in [4.69, 9.17) is 17.3 Å². The molecule has 2 rings (SSSR count). The summed E-state index contributed by atoms with van der Waals surface area (Å²) in [7, 11) is 0. The lowest BCUT2D eigenvalue weighted by Crippen LogP contribution is -2.38. The summed E-state index contributed by atoms with van der Waals surface area (Å²) in [5.74, 6) is 6.00. The third kappa shape index (κ3) is 5.86. The van der Waals surface area contributed by atoms with Crippen LogP contribution in [0.4, 0.5) is 5.69 Å². The Bertz CT molecular complexity index is 739. The van der Waals surface area contributed by atoms with E-state index < -0.39 is 0 Å². The molecule has 132 valence electrons. The third-order valence-corrected chi connectivity index (χ3v) is 4.56. The molecule has 1 unspecified atom stereocenters. The number of rotatable bonds is 4. The van der Waals surface area contributed by atoms with Gasteiger partial charge in [0.2, 0.25) is 5.96 Å². The largest absolute Gasteiger partial charge is 0.402 e. The fourth-order valence-electron chi connectivity index (χ4n) is 2.25. The lowest BCUT2D eigenvalue weighted by Gasteiger charge is -2.18. The molecule has 0 fully saturated rings. The first-order chi connectivity index (χ1) is 12.0. The van der Waals surface area contributed by atoms with Gasteiger partial charge in [0.15, 0.2) is 0 Å². The van der Waals surface area contributed by atoms with Crippen LogP contribution in [-0.2, 0) is 6.54 Å². The van der Waals surface area contributed by atoms with Gasteiger partial charge in [-0.25, -0.2) is 0 Å². The van der Waals surface area contributed by atoms with E-state index in [-0.39, 0.29) is 3.92 Å². The Kier molecular flexibility index (Phi) is 6.93. The van der Waals surface area contributed by atoms with Crippen molar-refractivity contribution in [1.82, 2.24) is 10.6 Å². The molecule has 0 aliphatic heterocycles. The van der Waals surface area contributed by atoms with E-state index >= 15 is 0 Å². The zero-order valence-corrected chi connectivity index (χ0v) is 16.2. The van der Waals surface area contributed by atoms with E-state index in [0.29, 0.717) is 18.2 Å². The van der Waals surface area contributed by atoms with E-state index in [2.05, 4.69) is 44.4 Å². The molecule has 1 aromatic carbocycles. The lowest BCUT2D eigenvalue weighted by atomic mass is 10.0. The molecule has 0 spiro atoms. The fraction of sp³-hybridized carbons (Fsp3) is 0.167. The first-order valence-electron chi connectivity index (χ1n) is 7.79. The first kappa shape index (κ1) is 18.9. The van der Waals surface area contributed by atoms with Gasteiger partial charge in [-0.2, -0.15) is 0 Å². The summed E-state index contributed by atoms with van der Waals surface area (Å²) >= 11 is 2.36. The smallest absolute Gasteiger partial charge is 0.218 e. The van der Waals surface area contributed by atoms with Crippen molar-refractivity contribution in [2.75, 3.05) is 5.73 Å². The Hall–Kier alpha value is -2.42. The summed E-state index contributed by atoms with van der Waals surface area (Å²) < 4.78 is 0.233. The summed E-state index contributed by atoms with van der Waals surface area (Å²) in [5.41, 5.74) is 16.0. The van der Waals surface area contributed by atoms with Crippen LogP contribution < -0.4 is 27.9 Å². The van der Waals surface area contributed by atoms with E-state index in [0.717, 1.165) is 22.5 Å². The maximum absolute atomic E-state index is 5.88. The van der Waals surface area contributed by atoms with Gasteiger partial charge in [-0.1, -0.05) is 59.0 Å². The standard InChI is InChI=1S/C18H23IN6/c1-12(20)10-17(15-4-2-3-5-16(15)19)24-18(25-22)23-11-13-6-8-14(21)9-7-13/h2-10,16H,11,20-22H2,1H3,(H2,23,24,25)/b12-10-,17-15+. The van der Waals surface area contributed by atoms with Crippen molar-refractivity contribution in [2.45, 2.75) is 17.4 Å². The van der Waals surface area contributed by atoms with Gasteiger partial charge in [-0.05, 0) is 36.3 Å². The maximum atomic E-state index is 5.88. The van der Waals surface area contributed by atoms with Crippen LogP contribution in [-0.4, -0.2) is 9.88 Å². The number of nitrogens with two attached hydrogens (primary N) is 3. The Morgan fingerprint density at radius 1 is 1.28 bits per heavy atom. The van der Waals surface area contributed by atoms with Gasteiger partial charge in [0.1, 0.15) is 0 Å². The predicted molar refractivity (Wildman–Crippen MR) is 114 cm³/mol. The minimum Gasteiger partial charge on any atom is -0.402 e. The van der Waals surface area contributed by atoms with Crippen LogP contribution in [0, 0.1) is 0 Å². The number of nitrogens with one attached hydrogen (secondary N) is 2. The van der Waals surface area contributed by atoms with Crippen LogP contribution in [0.2, 0.25) is 0 Å². The number of allylic oxidation sites excluding steroid dienone is 7. The molecule has 0 saturated carbocycles. The van der Waals surface area contributed by atoms with E-state index in [1.165, 1.54) is 0 Å². The van der Waals surface area contributed by atoms with Crippen molar-refractivity contribution in [2.24, 2.45) is 16.7 Å². The first-order valence-corrected chi connectivity index (χ1v) is 9.04. The van der Waals surface area contributed by atoms with Crippen molar-refractivity contribution in [1.29, 1.82) is 0 Å². The molecule has 1 aromatic rings. The number of alkyl halides is 1. The highest BCUT2D eigenvalue weighted by Crippen LogP contribution is 2.23. The fourth-order valence-corrected chi connectivity index (χ4v) is 3.03. The molecule has 25 heavy (non-hydrogen) atoms. The average Bonchev–Trinajstić information content (AvgIpc) is 2.59. The molecule has 8 N–H and O–H groups in total. The van der Waals surface area contributed by atoms with E-state index in [1.807, 2.05) is 55.5 Å². The minimum atomic E-state index is 0.233. The van der Waals surface area contributed by atoms with Crippen LogP contribution >= 0.6 is 22.6 Å². The molecule has 0 saturated heterocycles. The lowest BCUT2D eigenvalue weighted by molar-refractivity contribution is 0.859. The molecule has 0 radical (unpaired) electrons. The normalized spacial score (nSPS) is 19.7. The number of benzene rings is 1. The minimum absolute atomic E-state index is 0.233. The second-order valence-corrected chi connectivity index (χ2v) is 6.94. The van der Waals surface area contributed by atoms with Crippen LogP contribution in [0.15, 0.2) is 76.7 Å². The monoisotopic (exact) mass is 450 g/mol. The van der Waals surface area contributed by atoms with Crippen molar-refractivity contribution >= 4 is 34.2 Å². The van der Waals surface area contributed by atoms with Crippen LogP contribution in [0.3, 0.4) is 0 Å². The molecule has 0 bridgehead atoms. The number of halogens is 1. The van der Waals surface area contributed by atoms with Crippen molar-refractivity contribution in [3.05, 3.63) is 77.2 Å². The molecule has 1 aliphatic rings. The SMILES string of the molecule is C/C(N)=C/C(N/C(=N\N)NCc1ccc(N)cc1)=C1/C=CC=CC1I. The highest BCUT2D eigenvalue weighted by molar-refractivity contribution is 14.1. The Morgan fingerprint density at radius 2 is 2.00 bits per heavy atom. The molecule has 7 heteroatoms. The zero-order chi connectivity index (χ0) is 18.2. The summed E-state index contributed by atoms with van der Waals surface area (Å²) in [5, 5.41) is 10.2. The molecular formula is C18H23IN6. The number of anilines is 1. The summed E-state index contributed by atoms with van der Waals surface area (Å²) in [6.07, 6.45) is 10.0. The van der Waals surface area contributed by atoms with Gasteiger partial charge < -0.3 is 27.9 Å². The number of nitrogen functional groups attached to an aromatic ring is 1. The van der Waals surface area contributed by atoms with Crippen molar-refractivity contribution < 1.29 is 0 Å². The van der Waals surface area contributed by atoms with E-state index in [1.54, 1.807) is 0 Å². The van der Waals surface area contributed by atoms with Crippen molar-refractivity contribution in [3.63, 3.8) is 0 Å². The second kappa shape index (κ2) is 9.16. The predicted octanol–water partition coefficient (Wildman–Crippen LogP) is 2.22. The summed E-state index contributed by atoms with van der Waals surface area (Å²) in [6, 6.07) is 7.62. The third-order valence-electron chi connectivity index (χ3n) is 3.47. The molecular weight excluding hydrogens is 427 g/mol. The number of hydrogen-bond acceptors (Lipinski definition) is 4. The average molecular weight is 450 g/mol. The van der Waals surface area contributed by atoms with E-state index in [9.17, 15) is 0 Å². The Labute approximate surface area is 161 Å². The van der Waals surface area contributed by atoms with Gasteiger partial charge in [0.25, 0.3) is 0 Å². The zero-order valence-electron chi connectivity index (χ0n) is 14.0. The van der Waals surface area contributed by atoms with Gasteiger partial charge in [-0.3, -0.25) is 0 Å². The Morgan fingerprint density at radius 3 is 2.60 bits per heavy atom. The van der Waals surface area contributed by atoms with Gasteiger partial charge in [0, 0.05) is 23.6 Å². The second-order valence-electron chi connectivity index (χ2n) is 5.60. The quantitative estimate of drug-likeness (QED) is 0.0918. The van der Waals surface area contributed by atoms with Crippen LogP contribution in [0.5, 0.6) is 0 Å². The van der Waals surface area contributed by atoms with Gasteiger partial charge in [-0.15, -0.1) is 5.10 Å². The van der Waals surface area contributed by atoms with Crippen LogP contribution in [0.25, 0.3) is 0 Å². The Balaban J connectivity index is 2.14. The van der Waals surface area contributed by atoms with Crippen molar-refractivity contribution in [3.8, 4) is 0 Å². The molecule has 0 heterocycles. The molecule has 1 atom stereocenters. The molecule has 0 aromatic heterocycles. The van der Waals surface area contributed by atoms with Gasteiger partial charge in [0.05, 0.1) is 3.92 Å². The summed E-state index contributed by atoms with van der Waals surface area (Å²) in [4.78, 5) is 0. The number of hydrogen-bond donors (Lipinski definition) is 5. The van der Waals surface area contributed by atoms with Gasteiger partial charge >= 0.3 is 0 Å². The number of guanidine groups is 1. The number of nitrogens with zero attached hydrogens (tertiary/aromatic N) is 1. The molecule has 1 aliphatic carbocycles.